The number of nitrogens with zero attached hydrogens (tertiary/aromatic N) is 3. The van der Waals surface area contributed by atoms with Crippen LogP contribution in [0.4, 0.5) is 0 Å². The van der Waals surface area contributed by atoms with E-state index in [2.05, 4.69) is 20.4 Å². The van der Waals surface area contributed by atoms with Gasteiger partial charge in [0.2, 0.25) is 5.89 Å². The second kappa shape index (κ2) is 3.64. The molecule has 0 aliphatic carbocycles. The van der Waals surface area contributed by atoms with Gasteiger partial charge < -0.3 is 9.84 Å². The van der Waals surface area contributed by atoms with Crippen LogP contribution in [0.2, 0.25) is 0 Å². The maximum absolute atomic E-state index is 4.91. The molecule has 1 fully saturated rings. The van der Waals surface area contributed by atoms with Gasteiger partial charge in [-0.2, -0.15) is 4.98 Å². The van der Waals surface area contributed by atoms with Gasteiger partial charge in [-0.15, -0.1) is 0 Å². The van der Waals surface area contributed by atoms with Crippen LogP contribution in [-0.2, 0) is 6.54 Å². The molecule has 1 aromatic rings. The zero-order valence-electron chi connectivity index (χ0n) is 6.86. The summed E-state index contributed by atoms with van der Waals surface area (Å²) in [4.78, 5) is 6.27. The highest BCUT2D eigenvalue weighted by Crippen LogP contribution is 2.00. The summed E-state index contributed by atoms with van der Waals surface area (Å²) in [6, 6.07) is 0. The standard InChI is InChI=1S/C7H12N4O/c1-3-11(4-2-8-1)5-7-9-6-10-12-7/h6,8H,1-5H2. The molecule has 66 valence electrons. The molecule has 0 aromatic carbocycles. The summed E-state index contributed by atoms with van der Waals surface area (Å²) in [6.45, 7) is 4.99. The number of piperazine rings is 1. The summed E-state index contributed by atoms with van der Waals surface area (Å²) < 4.78 is 4.91. The highest BCUT2D eigenvalue weighted by Gasteiger charge is 2.11. The highest BCUT2D eigenvalue weighted by molar-refractivity contribution is 4.77. The van der Waals surface area contributed by atoms with Crippen LogP contribution in [0.3, 0.4) is 0 Å². The van der Waals surface area contributed by atoms with E-state index in [4.69, 9.17) is 4.52 Å². The molecular formula is C7H12N4O. The fourth-order valence-electron chi connectivity index (χ4n) is 1.33. The predicted octanol–water partition coefficient (Wildman–Crippen LogP) is -0.525. The molecule has 0 unspecified atom stereocenters. The van der Waals surface area contributed by atoms with Crippen LogP contribution in [0.5, 0.6) is 0 Å². The molecule has 12 heavy (non-hydrogen) atoms. The third-order valence-corrected chi connectivity index (χ3v) is 1.98. The third kappa shape index (κ3) is 1.80. The van der Waals surface area contributed by atoms with Crippen LogP contribution in [0, 0.1) is 0 Å². The van der Waals surface area contributed by atoms with E-state index in [1.165, 1.54) is 6.33 Å². The van der Waals surface area contributed by atoms with E-state index >= 15 is 0 Å². The summed E-state index contributed by atoms with van der Waals surface area (Å²) in [7, 11) is 0. The van der Waals surface area contributed by atoms with Gasteiger partial charge in [0.15, 0.2) is 6.33 Å². The van der Waals surface area contributed by atoms with Crippen molar-refractivity contribution in [1.82, 2.24) is 20.4 Å². The lowest BCUT2D eigenvalue weighted by Gasteiger charge is -2.25. The van der Waals surface area contributed by atoms with Crippen molar-refractivity contribution in [2.24, 2.45) is 0 Å². The van der Waals surface area contributed by atoms with E-state index in [0.29, 0.717) is 5.89 Å². The molecule has 1 aliphatic heterocycles. The zero-order chi connectivity index (χ0) is 8.23. The van der Waals surface area contributed by atoms with Crippen molar-refractivity contribution < 1.29 is 4.52 Å². The molecule has 0 saturated carbocycles. The number of aromatic nitrogens is 2. The Morgan fingerprint density at radius 3 is 3.00 bits per heavy atom. The molecule has 2 rings (SSSR count). The highest BCUT2D eigenvalue weighted by atomic mass is 16.5. The minimum absolute atomic E-state index is 0.705. The van der Waals surface area contributed by atoms with Crippen molar-refractivity contribution in [2.45, 2.75) is 6.54 Å². The minimum atomic E-state index is 0.705. The molecule has 0 bridgehead atoms. The number of hydrogen-bond acceptors (Lipinski definition) is 5. The Labute approximate surface area is 70.7 Å². The molecule has 0 atom stereocenters. The fourth-order valence-corrected chi connectivity index (χ4v) is 1.33. The van der Waals surface area contributed by atoms with Crippen LogP contribution < -0.4 is 5.32 Å². The topological polar surface area (TPSA) is 54.2 Å². The summed E-state index contributed by atoms with van der Waals surface area (Å²) in [5.41, 5.74) is 0. The lowest BCUT2D eigenvalue weighted by atomic mass is 10.3. The van der Waals surface area contributed by atoms with Crippen LogP contribution in [0.25, 0.3) is 0 Å². The van der Waals surface area contributed by atoms with Gasteiger partial charge in [0, 0.05) is 26.2 Å². The summed E-state index contributed by atoms with van der Waals surface area (Å²) in [5, 5.41) is 6.85. The third-order valence-electron chi connectivity index (χ3n) is 1.98. The van der Waals surface area contributed by atoms with E-state index in [-0.39, 0.29) is 0 Å². The van der Waals surface area contributed by atoms with Crippen molar-refractivity contribution in [2.75, 3.05) is 26.2 Å². The maximum Gasteiger partial charge on any atom is 0.240 e. The lowest BCUT2D eigenvalue weighted by molar-refractivity contribution is 0.203. The van der Waals surface area contributed by atoms with Crippen LogP contribution in [0.15, 0.2) is 10.9 Å². The van der Waals surface area contributed by atoms with Crippen molar-refractivity contribution in [1.29, 1.82) is 0 Å². The fraction of sp³-hybridized carbons (Fsp3) is 0.714. The second-order valence-corrected chi connectivity index (χ2v) is 2.86. The number of hydrogen-bond donors (Lipinski definition) is 1. The normalized spacial score (nSPS) is 19.7. The van der Waals surface area contributed by atoms with Crippen LogP contribution >= 0.6 is 0 Å². The van der Waals surface area contributed by atoms with E-state index < -0.39 is 0 Å². The Bertz CT molecular complexity index is 217. The Kier molecular flexibility index (Phi) is 2.33. The maximum atomic E-state index is 4.91. The summed E-state index contributed by atoms with van der Waals surface area (Å²) >= 11 is 0. The molecule has 1 N–H and O–H groups in total. The smallest absolute Gasteiger partial charge is 0.240 e. The molecular weight excluding hydrogens is 156 g/mol. The predicted molar refractivity (Wildman–Crippen MR) is 42.4 cm³/mol. The first-order valence-electron chi connectivity index (χ1n) is 4.14. The Morgan fingerprint density at radius 1 is 1.50 bits per heavy atom. The monoisotopic (exact) mass is 168 g/mol. The summed E-state index contributed by atoms with van der Waals surface area (Å²) in [5.74, 6) is 0.705. The molecule has 0 spiro atoms. The van der Waals surface area contributed by atoms with E-state index in [1.54, 1.807) is 0 Å². The molecule has 1 aliphatic rings. The van der Waals surface area contributed by atoms with Crippen molar-refractivity contribution in [3.63, 3.8) is 0 Å². The zero-order valence-corrected chi connectivity index (χ0v) is 6.86. The van der Waals surface area contributed by atoms with Crippen molar-refractivity contribution in [3.8, 4) is 0 Å². The van der Waals surface area contributed by atoms with Crippen molar-refractivity contribution in [3.05, 3.63) is 12.2 Å². The van der Waals surface area contributed by atoms with Crippen LogP contribution in [0.1, 0.15) is 5.89 Å². The van der Waals surface area contributed by atoms with Gasteiger partial charge in [0.25, 0.3) is 0 Å². The van der Waals surface area contributed by atoms with Gasteiger partial charge in [0.1, 0.15) is 0 Å². The lowest BCUT2D eigenvalue weighted by Crippen LogP contribution is -2.42. The Hall–Kier alpha value is -0.940. The van der Waals surface area contributed by atoms with Crippen LogP contribution in [-0.4, -0.2) is 41.2 Å². The molecule has 5 nitrogen and oxygen atoms in total. The molecule has 5 heteroatoms. The molecule has 2 heterocycles. The number of nitrogens with one attached hydrogen (secondary N) is 1. The Morgan fingerprint density at radius 2 is 2.33 bits per heavy atom. The first-order valence-corrected chi connectivity index (χ1v) is 4.14. The summed E-state index contributed by atoms with van der Waals surface area (Å²) in [6.07, 6.45) is 1.44. The van der Waals surface area contributed by atoms with Gasteiger partial charge in [0.05, 0.1) is 6.54 Å². The SMILES string of the molecule is c1noc(CN2CCNCC2)n1. The molecule has 0 amide bonds. The minimum Gasteiger partial charge on any atom is -0.338 e. The first-order chi connectivity index (χ1) is 5.95. The molecule has 1 aromatic heterocycles. The van der Waals surface area contributed by atoms with E-state index in [1.807, 2.05) is 0 Å². The van der Waals surface area contributed by atoms with Gasteiger partial charge in [-0.3, -0.25) is 4.90 Å². The van der Waals surface area contributed by atoms with Gasteiger partial charge in [-0.25, -0.2) is 0 Å². The number of rotatable bonds is 2. The first kappa shape index (κ1) is 7.70. The average molecular weight is 168 g/mol. The quantitative estimate of drug-likeness (QED) is 0.643. The average Bonchev–Trinajstić information content (AvgIpc) is 2.59. The van der Waals surface area contributed by atoms with Crippen molar-refractivity contribution >= 4 is 0 Å². The largest absolute Gasteiger partial charge is 0.338 e. The van der Waals surface area contributed by atoms with Gasteiger partial charge in [-0.1, -0.05) is 5.16 Å². The molecule has 0 radical (unpaired) electrons. The van der Waals surface area contributed by atoms with Gasteiger partial charge >= 0.3 is 0 Å². The Balaban J connectivity index is 1.86. The van der Waals surface area contributed by atoms with Gasteiger partial charge in [-0.05, 0) is 0 Å². The van der Waals surface area contributed by atoms with E-state index in [0.717, 1.165) is 32.7 Å². The second-order valence-electron chi connectivity index (χ2n) is 2.86. The molecule has 1 saturated heterocycles. The van der Waals surface area contributed by atoms with E-state index in [9.17, 15) is 0 Å².